The Morgan fingerprint density at radius 2 is 2.11 bits per heavy atom. The minimum absolute atomic E-state index is 0.247. The molecule has 0 spiro atoms. The molecule has 0 aromatic carbocycles. The summed E-state index contributed by atoms with van der Waals surface area (Å²) in [6.07, 6.45) is 1.73. The molecule has 2 aliphatic rings. The Morgan fingerprint density at radius 3 is 2.78 bits per heavy atom. The Morgan fingerprint density at radius 1 is 1.33 bits per heavy atom. The van der Waals surface area contributed by atoms with Gasteiger partial charge in [-0.05, 0) is 19.4 Å². The third-order valence-corrected chi connectivity index (χ3v) is 6.35. The van der Waals surface area contributed by atoms with Crippen molar-refractivity contribution in [2.24, 2.45) is 0 Å². The minimum atomic E-state index is -3.13. The standard InChI is InChI=1S/C11H23N3O2S2/c15-18(16,11-2-1-3-12-10-11)13-4-5-14-6-8-17-9-7-14/h11-13H,1-10H2. The summed E-state index contributed by atoms with van der Waals surface area (Å²) in [6.45, 7) is 5.07. The van der Waals surface area contributed by atoms with Crippen molar-refractivity contribution in [3.05, 3.63) is 0 Å². The van der Waals surface area contributed by atoms with E-state index in [1.807, 2.05) is 11.8 Å². The first kappa shape index (κ1) is 14.6. The quantitative estimate of drug-likeness (QED) is 0.729. The largest absolute Gasteiger partial charge is 0.315 e. The highest BCUT2D eigenvalue weighted by atomic mass is 32.2. The van der Waals surface area contributed by atoms with Crippen molar-refractivity contribution < 1.29 is 8.42 Å². The molecule has 18 heavy (non-hydrogen) atoms. The Kier molecular flexibility index (Phi) is 5.75. The Bertz CT molecular complexity index is 336. The lowest BCUT2D eigenvalue weighted by molar-refractivity contribution is 0.307. The van der Waals surface area contributed by atoms with Crippen LogP contribution in [0.5, 0.6) is 0 Å². The number of piperidine rings is 1. The van der Waals surface area contributed by atoms with Crippen LogP contribution in [-0.2, 0) is 10.0 Å². The molecule has 2 aliphatic heterocycles. The summed E-state index contributed by atoms with van der Waals surface area (Å²) >= 11 is 1.97. The van der Waals surface area contributed by atoms with E-state index in [9.17, 15) is 8.42 Å². The van der Waals surface area contributed by atoms with Gasteiger partial charge in [0.1, 0.15) is 0 Å². The number of rotatable bonds is 5. The minimum Gasteiger partial charge on any atom is -0.315 e. The molecule has 2 rings (SSSR count). The second-order valence-corrected chi connectivity index (χ2v) is 8.13. The van der Waals surface area contributed by atoms with Gasteiger partial charge in [-0.25, -0.2) is 13.1 Å². The molecule has 2 N–H and O–H groups in total. The molecule has 0 radical (unpaired) electrons. The van der Waals surface area contributed by atoms with Crippen LogP contribution in [0.2, 0.25) is 0 Å². The number of nitrogens with zero attached hydrogens (tertiary/aromatic N) is 1. The van der Waals surface area contributed by atoms with E-state index in [0.29, 0.717) is 13.1 Å². The zero-order valence-electron chi connectivity index (χ0n) is 10.7. The molecule has 0 bridgehead atoms. The van der Waals surface area contributed by atoms with Gasteiger partial charge in [0.15, 0.2) is 0 Å². The molecule has 0 saturated carbocycles. The van der Waals surface area contributed by atoms with Gasteiger partial charge >= 0.3 is 0 Å². The molecular formula is C11H23N3O2S2. The van der Waals surface area contributed by atoms with Gasteiger partial charge in [-0.1, -0.05) is 0 Å². The summed E-state index contributed by atoms with van der Waals surface area (Å²) in [5, 5.41) is 2.90. The van der Waals surface area contributed by atoms with Crippen LogP contribution in [0.3, 0.4) is 0 Å². The Hall–Kier alpha value is 0.180. The number of hydrogen-bond donors (Lipinski definition) is 2. The molecule has 0 amide bonds. The van der Waals surface area contributed by atoms with E-state index in [1.165, 1.54) is 11.5 Å². The normalized spacial score (nSPS) is 27.2. The highest BCUT2D eigenvalue weighted by Crippen LogP contribution is 2.11. The Balaban J connectivity index is 1.70. The number of hydrogen-bond acceptors (Lipinski definition) is 5. The second-order valence-electron chi connectivity index (χ2n) is 4.86. The van der Waals surface area contributed by atoms with E-state index in [4.69, 9.17) is 0 Å². The van der Waals surface area contributed by atoms with Crippen LogP contribution < -0.4 is 10.0 Å². The average molecular weight is 293 g/mol. The van der Waals surface area contributed by atoms with Crippen molar-refractivity contribution in [1.82, 2.24) is 14.9 Å². The van der Waals surface area contributed by atoms with E-state index < -0.39 is 10.0 Å². The fraction of sp³-hybridized carbons (Fsp3) is 1.00. The molecule has 5 nitrogen and oxygen atoms in total. The summed E-state index contributed by atoms with van der Waals surface area (Å²) in [4.78, 5) is 2.33. The van der Waals surface area contributed by atoms with Crippen molar-refractivity contribution in [2.75, 3.05) is 50.8 Å². The van der Waals surface area contributed by atoms with Crippen molar-refractivity contribution in [1.29, 1.82) is 0 Å². The molecule has 0 aromatic rings. The van der Waals surface area contributed by atoms with Crippen LogP contribution in [0.1, 0.15) is 12.8 Å². The number of nitrogens with one attached hydrogen (secondary N) is 2. The monoisotopic (exact) mass is 293 g/mol. The topological polar surface area (TPSA) is 61.4 Å². The number of sulfonamides is 1. The third-order valence-electron chi connectivity index (χ3n) is 3.53. The maximum absolute atomic E-state index is 12.1. The molecule has 2 saturated heterocycles. The maximum Gasteiger partial charge on any atom is 0.215 e. The van der Waals surface area contributed by atoms with E-state index in [2.05, 4.69) is 14.9 Å². The summed E-state index contributed by atoms with van der Waals surface area (Å²) in [6, 6.07) is 0. The van der Waals surface area contributed by atoms with Gasteiger partial charge in [0, 0.05) is 44.2 Å². The second kappa shape index (κ2) is 7.09. The lowest BCUT2D eigenvalue weighted by Crippen LogP contribution is -2.46. The van der Waals surface area contributed by atoms with Crippen molar-refractivity contribution in [3.8, 4) is 0 Å². The fourth-order valence-electron chi connectivity index (χ4n) is 2.37. The van der Waals surface area contributed by atoms with E-state index in [0.717, 1.165) is 39.0 Å². The molecule has 2 heterocycles. The van der Waals surface area contributed by atoms with Crippen molar-refractivity contribution in [3.63, 3.8) is 0 Å². The predicted octanol–water partition coefficient (Wildman–Crippen LogP) is -0.293. The summed E-state index contributed by atoms with van der Waals surface area (Å²) in [5.41, 5.74) is 0. The summed E-state index contributed by atoms with van der Waals surface area (Å²) in [7, 11) is -3.13. The smallest absolute Gasteiger partial charge is 0.215 e. The van der Waals surface area contributed by atoms with Crippen LogP contribution in [0, 0.1) is 0 Å². The van der Waals surface area contributed by atoms with E-state index in [1.54, 1.807) is 0 Å². The highest BCUT2D eigenvalue weighted by Gasteiger charge is 2.26. The third kappa shape index (κ3) is 4.38. The van der Waals surface area contributed by atoms with Gasteiger partial charge in [0.05, 0.1) is 5.25 Å². The molecule has 7 heteroatoms. The fourth-order valence-corrected chi connectivity index (χ4v) is 4.78. The van der Waals surface area contributed by atoms with Crippen LogP contribution in [0.25, 0.3) is 0 Å². The predicted molar refractivity (Wildman–Crippen MR) is 76.6 cm³/mol. The first-order valence-electron chi connectivity index (χ1n) is 6.68. The maximum atomic E-state index is 12.1. The van der Waals surface area contributed by atoms with E-state index in [-0.39, 0.29) is 5.25 Å². The molecule has 0 aliphatic carbocycles. The van der Waals surface area contributed by atoms with Gasteiger partial charge in [0.2, 0.25) is 10.0 Å². The number of thioether (sulfide) groups is 1. The van der Waals surface area contributed by atoms with E-state index >= 15 is 0 Å². The molecule has 1 unspecified atom stereocenters. The lowest BCUT2D eigenvalue weighted by Gasteiger charge is -2.27. The first-order chi connectivity index (χ1) is 8.68. The van der Waals surface area contributed by atoms with Gasteiger partial charge in [-0.3, -0.25) is 0 Å². The molecule has 1 atom stereocenters. The molecular weight excluding hydrogens is 270 g/mol. The van der Waals surface area contributed by atoms with Crippen molar-refractivity contribution in [2.45, 2.75) is 18.1 Å². The van der Waals surface area contributed by atoms with Crippen LogP contribution >= 0.6 is 11.8 Å². The van der Waals surface area contributed by atoms with Gasteiger partial charge in [-0.15, -0.1) is 0 Å². The zero-order chi connectivity index (χ0) is 12.8. The van der Waals surface area contributed by atoms with Gasteiger partial charge in [-0.2, -0.15) is 11.8 Å². The molecule has 2 fully saturated rings. The SMILES string of the molecule is O=S(=O)(NCCN1CCSCC1)C1CCCNC1. The Labute approximate surface area is 114 Å². The van der Waals surface area contributed by atoms with Crippen LogP contribution in [0.15, 0.2) is 0 Å². The van der Waals surface area contributed by atoms with Crippen LogP contribution in [0.4, 0.5) is 0 Å². The highest BCUT2D eigenvalue weighted by molar-refractivity contribution is 7.99. The van der Waals surface area contributed by atoms with Crippen LogP contribution in [-0.4, -0.2) is 69.3 Å². The first-order valence-corrected chi connectivity index (χ1v) is 9.38. The van der Waals surface area contributed by atoms with Crippen molar-refractivity contribution >= 4 is 21.8 Å². The van der Waals surface area contributed by atoms with Gasteiger partial charge in [0.25, 0.3) is 0 Å². The summed E-state index contributed by atoms with van der Waals surface area (Å²) in [5.74, 6) is 2.33. The zero-order valence-corrected chi connectivity index (χ0v) is 12.4. The molecule has 0 aromatic heterocycles. The molecule has 106 valence electrons. The van der Waals surface area contributed by atoms with Gasteiger partial charge < -0.3 is 10.2 Å². The summed E-state index contributed by atoms with van der Waals surface area (Å²) < 4.78 is 26.9. The lowest BCUT2D eigenvalue weighted by atomic mass is 10.2. The average Bonchev–Trinajstić information content (AvgIpc) is 2.41.